The summed E-state index contributed by atoms with van der Waals surface area (Å²) in [5.41, 5.74) is 0. The standard InChI is InChI=1S/2C16H32O2.C12H22O11.C3H8O3/c2*1-2-3-4-5-6-7-8-9-10-11-12-13-14-15-16(17)18;13-1-4-6(16)8(18)9(19)11(21-4)23-12(3-15)10(20)7(17)5(2-14)22-12;4-1-3(6)2-5/h2*2-15H2,1H3,(H,17,18);4-11,13-20H,1-3H2;3-6H,1-2H2/t;;4-,5-,6-,7-,8+,9-,10+,11-,12+;/m..1./s1. The fourth-order valence-corrected chi connectivity index (χ4v) is 7.28. The second-order valence-electron chi connectivity index (χ2n) is 17.4. The largest absolute Gasteiger partial charge is 0.481 e. The van der Waals surface area contributed by atoms with E-state index in [1.165, 1.54) is 141 Å². The van der Waals surface area contributed by atoms with E-state index in [4.69, 9.17) is 50.0 Å². The maximum Gasteiger partial charge on any atom is 0.303 e. The number of aliphatic carboxylic acids is 2. The maximum absolute atomic E-state index is 10.3. The van der Waals surface area contributed by atoms with Crippen LogP contribution in [0.2, 0.25) is 0 Å². The Morgan fingerprint density at radius 1 is 0.492 bits per heavy atom. The van der Waals surface area contributed by atoms with Gasteiger partial charge in [0, 0.05) is 12.8 Å². The molecular weight excluding hydrogens is 852 g/mol. The molecule has 390 valence electrons. The molecule has 18 nitrogen and oxygen atoms in total. The van der Waals surface area contributed by atoms with Crippen molar-refractivity contribution < 1.29 is 90.2 Å². The van der Waals surface area contributed by atoms with Crippen LogP contribution in [-0.4, -0.2) is 172 Å². The summed E-state index contributed by atoms with van der Waals surface area (Å²) in [5, 5.41) is 118. The van der Waals surface area contributed by atoms with Crippen molar-refractivity contribution in [1.29, 1.82) is 0 Å². The molecule has 0 aromatic rings. The van der Waals surface area contributed by atoms with Crippen molar-refractivity contribution in [3.05, 3.63) is 0 Å². The molecule has 2 fully saturated rings. The first-order chi connectivity index (χ1) is 31.2. The van der Waals surface area contributed by atoms with Crippen molar-refractivity contribution >= 4 is 11.9 Å². The van der Waals surface area contributed by atoms with Gasteiger partial charge in [-0.3, -0.25) is 9.59 Å². The second kappa shape index (κ2) is 43.6. The molecule has 0 aromatic carbocycles. The molecule has 0 amide bonds. The van der Waals surface area contributed by atoms with Crippen molar-refractivity contribution in [3.63, 3.8) is 0 Å². The Hall–Kier alpha value is -1.62. The van der Waals surface area contributed by atoms with Crippen LogP contribution in [0, 0.1) is 0 Å². The zero-order valence-electron chi connectivity index (χ0n) is 39.9. The molecule has 2 rings (SSSR count). The summed E-state index contributed by atoms with van der Waals surface area (Å²) in [4.78, 5) is 20.6. The number of hydrogen-bond donors (Lipinski definition) is 13. The van der Waals surface area contributed by atoms with Gasteiger partial charge in [-0.1, -0.05) is 168 Å². The minimum Gasteiger partial charge on any atom is -0.481 e. The molecule has 2 aliphatic heterocycles. The van der Waals surface area contributed by atoms with E-state index < -0.39 is 92.7 Å². The minimum atomic E-state index is -2.22. The van der Waals surface area contributed by atoms with Crippen LogP contribution in [0.1, 0.15) is 194 Å². The smallest absolute Gasteiger partial charge is 0.303 e. The van der Waals surface area contributed by atoms with Crippen LogP contribution >= 0.6 is 0 Å². The van der Waals surface area contributed by atoms with E-state index in [-0.39, 0.29) is 13.2 Å². The molecule has 2 aliphatic rings. The lowest BCUT2D eigenvalue weighted by atomic mass is 9.99. The zero-order valence-corrected chi connectivity index (χ0v) is 39.9. The molecule has 0 spiro atoms. The predicted molar refractivity (Wildman–Crippen MR) is 245 cm³/mol. The maximum atomic E-state index is 10.3. The molecule has 0 aliphatic carbocycles. The Morgan fingerprint density at radius 3 is 1.09 bits per heavy atom. The molecule has 0 radical (unpaired) electrons. The zero-order chi connectivity index (χ0) is 49.3. The fraction of sp³-hybridized carbons (Fsp3) is 0.957. The highest BCUT2D eigenvalue weighted by Gasteiger charge is 2.58. The molecule has 0 bridgehead atoms. The number of unbranched alkanes of at least 4 members (excludes halogenated alkanes) is 24. The number of carbonyl (C=O) groups is 2. The van der Waals surface area contributed by atoms with E-state index >= 15 is 0 Å². The van der Waals surface area contributed by atoms with Crippen LogP contribution in [-0.2, 0) is 23.8 Å². The van der Waals surface area contributed by atoms with Gasteiger partial charge in [-0.05, 0) is 12.8 Å². The Morgan fingerprint density at radius 2 is 0.831 bits per heavy atom. The number of rotatable bonds is 35. The number of ether oxygens (including phenoxy) is 3. The molecule has 9 atom stereocenters. The Labute approximate surface area is 389 Å². The quantitative estimate of drug-likeness (QED) is 0.0399. The summed E-state index contributed by atoms with van der Waals surface area (Å²) in [6.45, 7) is 1.47. The molecule has 2 saturated heterocycles. The highest BCUT2D eigenvalue weighted by molar-refractivity contribution is 5.66. The number of carboxylic acid groups (broad SMARTS) is 2. The van der Waals surface area contributed by atoms with Gasteiger partial charge in [0.1, 0.15) is 55.4 Å². The Balaban J connectivity index is 0. The number of carboxylic acids is 2. The molecule has 0 unspecified atom stereocenters. The average molecular weight is 947 g/mol. The third-order valence-electron chi connectivity index (χ3n) is 11.5. The monoisotopic (exact) mass is 947 g/mol. The van der Waals surface area contributed by atoms with Gasteiger partial charge in [0.2, 0.25) is 5.79 Å². The topological polar surface area (TPSA) is 325 Å². The molecule has 0 saturated carbocycles. The lowest BCUT2D eigenvalue weighted by Gasteiger charge is -2.43. The lowest BCUT2D eigenvalue weighted by Crippen LogP contribution is -2.62. The van der Waals surface area contributed by atoms with Crippen LogP contribution < -0.4 is 0 Å². The summed E-state index contributed by atoms with van der Waals surface area (Å²) in [6.07, 6.45) is 20.9. The number of aliphatic hydroxyl groups excluding tert-OH is 11. The number of hydrogen-bond acceptors (Lipinski definition) is 16. The van der Waals surface area contributed by atoms with Gasteiger partial charge in [0.15, 0.2) is 6.29 Å². The molecule has 13 N–H and O–H groups in total. The minimum absolute atomic E-state index is 0.345. The highest BCUT2D eigenvalue weighted by Crippen LogP contribution is 2.36. The summed E-state index contributed by atoms with van der Waals surface area (Å²) < 4.78 is 15.4. The van der Waals surface area contributed by atoms with Crippen molar-refractivity contribution in [3.8, 4) is 0 Å². The summed E-state index contributed by atoms with van der Waals surface area (Å²) in [5.74, 6) is -3.53. The van der Waals surface area contributed by atoms with Gasteiger partial charge >= 0.3 is 11.9 Å². The van der Waals surface area contributed by atoms with E-state index in [9.17, 15) is 40.2 Å². The van der Waals surface area contributed by atoms with Crippen LogP contribution in [0.25, 0.3) is 0 Å². The third-order valence-corrected chi connectivity index (χ3v) is 11.5. The van der Waals surface area contributed by atoms with Gasteiger partial charge in [-0.25, -0.2) is 0 Å². The fourth-order valence-electron chi connectivity index (χ4n) is 7.28. The van der Waals surface area contributed by atoms with Crippen molar-refractivity contribution in [2.24, 2.45) is 0 Å². The normalized spacial score (nSPS) is 25.0. The number of aliphatic hydroxyl groups is 11. The lowest BCUT2D eigenvalue weighted by molar-refractivity contribution is -0.383. The summed E-state index contributed by atoms with van der Waals surface area (Å²) in [7, 11) is 0. The first kappa shape index (κ1) is 65.5. The van der Waals surface area contributed by atoms with Gasteiger partial charge in [0.05, 0.1) is 26.4 Å². The second-order valence-corrected chi connectivity index (χ2v) is 17.4. The van der Waals surface area contributed by atoms with Crippen LogP contribution in [0.5, 0.6) is 0 Å². The molecule has 2 heterocycles. The van der Waals surface area contributed by atoms with Crippen LogP contribution in [0.4, 0.5) is 0 Å². The summed E-state index contributed by atoms with van der Waals surface area (Å²) in [6, 6.07) is 0. The third kappa shape index (κ3) is 32.7. The first-order valence-corrected chi connectivity index (χ1v) is 24.7. The SMILES string of the molecule is CCCCCCCCCCCCCCCC(=O)O.CCCCCCCCCCCCCCCC(=O)O.OCC(O)CO.OC[C@H]1O[C@@](CO)(O[C@H]2O[C@H](CO)[C@@H](O)[C@H](O)[C@H]2O)[C@@H](O)[C@@H]1O. The van der Waals surface area contributed by atoms with Gasteiger partial charge in [-0.15, -0.1) is 0 Å². The Bertz CT molecular complexity index is 1030. The molecule has 18 heteroatoms. The van der Waals surface area contributed by atoms with Crippen LogP contribution in [0.3, 0.4) is 0 Å². The molecule has 65 heavy (non-hydrogen) atoms. The molecular formula is C47H94O18. The van der Waals surface area contributed by atoms with Gasteiger partial charge < -0.3 is 80.6 Å². The summed E-state index contributed by atoms with van der Waals surface area (Å²) >= 11 is 0. The van der Waals surface area contributed by atoms with Gasteiger partial charge in [0.25, 0.3) is 0 Å². The van der Waals surface area contributed by atoms with Crippen molar-refractivity contribution in [2.45, 2.75) is 255 Å². The van der Waals surface area contributed by atoms with Gasteiger partial charge in [-0.2, -0.15) is 0 Å². The van der Waals surface area contributed by atoms with E-state index in [1.54, 1.807) is 0 Å². The van der Waals surface area contributed by atoms with Crippen molar-refractivity contribution in [1.82, 2.24) is 0 Å². The van der Waals surface area contributed by atoms with E-state index in [1.807, 2.05) is 0 Å². The van der Waals surface area contributed by atoms with E-state index in [0.717, 1.165) is 25.7 Å². The van der Waals surface area contributed by atoms with E-state index in [2.05, 4.69) is 13.8 Å². The predicted octanol–water partition coefficient (Wildman–Crippen LogP) is 4.04. The molecule has 0 aromatic heterocycles. The van der Waals surface area contributed by atoms with Crippen molar-refractivity contribution in [2.75, 3.05) is 33.0 Å². The highest BCUT2D eigenvalue weighted by atomic mass is 16.8. The van der Waals surface area contributed by atoms with Crippen LogP contribution in [0.15, 0.2) is 0 Å². The van der Waals surface area contributed by atoms with E-state index in [0.29, 0.717) is 12.8 Å². The average Bonchev–Trinajstić information content (AvgIpc) is 3.54. The first-order valence-electron chi connectivity index (χ1n) is 24.7. The Kier molecular flexibility index (Phi) is 44.0.